The number of rotatable bonds is 5. The Labute approximate surface area is 216 Å². The molecule has 0 aliphatic carbocycles. The van der Waals surface area contributed by atoms with E-state index in [1.807, 2.05) is 0 Å². The van der Waals surface area contributed by atoms with Crippen LogP contribution in [0.5, 0.6) is 0 Å². The SMILES string of the molecule is CNC(=O)c1cccc(NC(=O)c2nc(C)cn3c(F)c(-c4ccc(-c5c(C)on(C)c5=O)cc4)cc23)c1. The first-order valence-corrected chi connectivity index (χ1v) is 11.8. The minimum atomic E-state index is -0.552. The van der Waals surface area contributed by atoms with Crippen molar-refractivity contribution in [1.29, 1.82) is 0 Å². The van der Waals surface area contributed by atoms with Crippen LogP contribution in [0.3, 0.4) is 0 Å². The lowest BCUT2D eigenvalue weighted by Crippen LogP contribution is -2.19. The van der Waals surface area contributed by atoms with Gasteiger partial charge in [-0.05, 0) is 49.2 Å². The quantitative estimate of drug-likeness (QED) is 0.364. The number of aromatic nitrogens is 3. The maximum Gasteiger partial charge on any atom is 0.290 e. The van der Waals surface area contributed by atoms with Crippen molar-refractivity contribution in [1.82, 2.24) is 19.4 Å². The van der Waals surface area contributed by atoms with Crippen LogP contribution in [-0.4, -0.2) is 33.0 Å². The van der Waals surface area contributed by atoms with Crippen LogP contribution in [0.4, 0.5) is 10.1 Å². The molecule has 2 amide bonds. The van der Waals surface area contributed by atoms with E-state index in [1.165, 1.54) is 24.7 Å². The van der Waals surface area contributed by atoms with Gasteiger partial charge in [0.25, 0.3) is 17.4 Å². The summed E-state index contributed by atoms with van der Waals surface area (Å²) in [5.41, 5.74) is 3.24. The molecule has 3 heterocycles. The average Bonchev–Trinajstić information content (AvgIpc) is 3.37. The van der Waals surface area contributed by atoms with Gasteiger partial charge in [0.1, 0.15) is 5.76 Å². The maximum absolute atomic E-state index is 15.6. The van der Waals surface area contributed by atoms with Crippen molar-refractivity contribution in [3.05, 3.63) is 99.8 Å². The second-order valence-electron chi connectivity index (χ2n) is 8.85. The van der Waals surface area contributed by atoms with E-state index in [0.29, 0.717) is 39.4 Å². The molecule has 5 rings (SSSR count). The predicted molar refractivity (Wildman–Crippen MR) is 141 cm³/mol. The number of hydrogen-bond acceptors (Lipinski definition) is 5. The van der Waals surface area contributed by atoms with Crippen LogP contribution in [0, 0.1) is 19.8 Å². The molecule has 0 aliphatic rings. The van der Waals surface area contributed by atoms with Crippen LogP contribution in [0.15, 0.2) is 70.1 Å². The van der Waals surface area contributed by atoms with Gasteiger partial charge in [-0.1, -0.05) is 30.3 Å². The molecule has 0 saturated carbocycles. The molecule has 3 aromatic heterocycles. The number of nitrogens with one attached hydrogen (secondary N) is 2. The van der Waals surface area contributed by atoms with Gasteiger partial charge in [-0.25, -0.2) is 4.98 Å². The third kappa shape index (κ3) is 4.26. The molecule has 38 heavy (non-hydrogen) atoms. The molecular formula is C28H24FN5O4. The van der Waals surface area contributed by atoms with Crippen LogP contribution in [0.2, 0.25) is 0 Å². The van der Waals surface area contributed by atoms with E-state index in [1.54, 1.807) is 68.4 Å². The van der Waals surface area contributed by atoms with Crippen molar-refractivity contribution in [3.8, 4) is 22.3 Å². The van der Waals surface area contributed by atoms with Crippen molar-refractivity contribution in [2.75, 3.05) is 12.4 Å². The number of benzene rings is 2. The van der Waals surface area contributed by atoms with E-state index >= 15 is 4.39 Å². The Morgan fingerprint density at radius 1 is 1.00 bits per heavy atom. The Kier molecular flexibility index (Phi) is 6.15. The van der Waals surface area contributed by atoms with E-state index in [0.717, 1.165) is 4.74 Å². The summed E-state index contributed by atoms with van der Waals surface area (Å²) in [7, 11) is 3.06. The first-order chi connectivity index (χ1) is 18.2. The van der Waals surface area contributed by atoms with Crippen LogP contribution in [0.1, 0.15) is 32.3 Å². The monoisotopic (exact) mass is 513 g/mol. The van der Waals surface area contributed by atoms with Gasteiger partial charge in [0.15, 0.2) is 5.69 Å². The number of carbonyl (C=O) groups excluding carboxylic acids is 2. The molecule has 9 nitrogen and oxygen atoms in total. The van der Waals surface area contributed by atoms with E-state index < -0.39 is 11.9 Å². The third-order valence-corrected chi connectivity index (χ3v) is 6.26. The summed E-state index contributed by atoms with van der Waals surface area (Å²) in [5, 5.41) is 5.28. The van der Waals surface area contributed by atoms with Gasteiger partial charge in [-0.3, -0.25) is 18.8 Å². The van der Waals surface area contributed by atoms with Crippen molar-refractivity contribution in [2.24, 2.45) is 7.05 Å². The smallest absolute Gasteiger partial charge is 0.290 e. The summed E-state index contributed by atoms with van der Waals surface area (Å²) in [5.74, 6) is -0.892. The first kappa shape index (κ1) is 24.7. The summed E-state index contributed by atoms with van der Waals surface area (Å²) in [6, 6.07) is 14.9. The average molecular weight is 514 g/mol. The number of nitrogens with zero attached hydrogens (tertiary/aromatic N) is 3. The van der Waals surface area contributed by atoms with Crippen LogP contribution in [-0.2, 0) is 7.05 Å². The summed E-state index contributed by atoms with van der Waals surface area (Å²) in [6.45, 7) is 3.38. The third-order valence-electron chi connectivity index (χ3n) is 6.26. The molecule has 192 valence electrons. The van der Waals surface area contributed by atoms with E-state index in [2.05, 4.69) is 15.6 Å². The number of anilines is 1. The van der Waals surface area contributed by atoms with E-state index in [-0.39, 0.29) is 28.2 Å². The van der Waals surface area contributed by atoms with Gasteiger partial charge in [-0.15, -0.1) is 0 Å². The number of halogens is 1. The molecule has 0 radical (unpaired) electrons. The van der Waals surface area contributed by atoms with Gasteiger partial charge >= 0.3 is 0 Å². The normalized spacial score (nSPS) is 11.1. The molecule has 0 unspecified atom stereocenters. The number of hydrogen-bond donors (Lipinski definition) is 2. The fourth-order valence-corrected chi connectivity index (χ4v) is 4.45. The van der Waals surface area contributed by atoms with Crippen LogP contribution < -0.4 is 16.2 Å². The lowest BCUT2D eigenvalue weighted by molar-refractivity contribution is 0.0961. The Morgan fingerprint density at radius 3 is 2.37 bits per heavy atom. The standard InChI is InChI=1S/C28H24FN5O4/c1-15-14-34-22(24(31-15)27(36)32-20-7-5-6-19(12-20)26(35)30-3)13-21(25(34)29)17-8-10-18(11-9-17)23-16(2)38-33(4)28(23)37/h5-14H,1-4H3,(H,30,35)(H,32,36). The van der Waals surface area contributed by atoms with Gasteiger partial charge in [0.05, 0.1) is 16.8 Å². The van der Waals surface area contributed by atoms with Crippen molar-refractivity contribution < 1.29 is 18.5 Å². The zero-order valence-electron chi connectivity index (χ0n) is 21.1. The Balaban J connectivity index is 1.52. The number of fused-ring (bicyclic) bond motifs is 1. The summed E-state index contributed by atoms with van der Waals surface area (Å²) in [6.07, 6.45) is 1.52. The van der Waals surface area contributed by atoms with Crippen LogP contribution >= 0.6 is 0 Å². The zero-order valence-corrected chi connectivity index (χ0v) is 21.1. The lowest BCUT2D eigenvalue weighted by atomic mass is 10.0. The number of amides is 2. The molecule has 0 atom stereocenters. The van der Waals surface area contributed by atoms with Crippen molar-refractivity contribution >= 4 is 23.0 Å². The summed E-state index contributed by atoms with van der Waals surface area (Å²) in [4.78, 5) is 41.9. The summed E-state index contributed by atoms with van der Waals surface area (Å²) >= 11 is 0. The molecule has 5 aromatic rings. The zero-order chi connectivity index (χ0) is 27.1. The Bertz CT molecular complexity index is 1780. The summed E-state index contributed by atoms with van der Waals surface area (Å²) < 4.78 is 23.4. The van der Waals surface area contributed by atoms with Gasteiger partial charge in [0, 0.05) is 37.1 Å². The molecule has 2 N–H and O–H groups in total. The fraction of sp³-hybridized carbons (Fsp3) is 0.143. The number of carbonyl (C=O) groups is 2. The highest BCUT2D eigenvalue weighted by molar-refractivity contribution is 6.08. The highest BCUT2D eigenvalue weighted by Gasteiger charge is 2.21. The highest BCUT2D eigenvalue weighted by Crippen LogP contribution is 2.30. The molecular weight excluding hydrogens is 489 g/mol. The second kappa shape index (κ2) is 9.47. The molecule has 2 aromatic carbocycles. The van der Waals surface area contributed by atoms with Gasteiger partial charge in [-0.2, -0.15) is 9.13 Å². The largest absolute Gasteiger partial charge is 0.381 e. The molecule has 0 bridgehead atoms. The van der Waals surface area contributed by atoms with Gasteiger partial charge < -0.3 is 15.2 Å². The molecule has 0 aliphatic heterocycles. The van der Waals surface area contributed by atoms with Crippen molar-refractivity contribution in [3.63, 3.8) is 0 Å². The van der Waals surface area contributed by atoms with E-state index in [4.69, 9.17) is 4.52 Å². The molecule has 0 spiro atoms. The Morgan fingerprint density at radius 2 is 1.71 bits per heavy atom. The minimum Gasteiger partial charge on any atom is -0.381 e. The first-order valence-electron chi connectivity index (χ1n) is 11.8. The topological polar surface area (TPSA) is 111 Å². The maximum atomic E-state index is 15.6. The fourth-order valence-electron chi connectivity index (χ4n) is 4.45. The predicted octanol–water partition coefficient (Wildman–Crippen LogP) is 4.33. The van der Waals surface area contributed by atoms with E-state index in [9.17, 15) is 14.4 Å². The minimum absolute atomic E-state index is 0.0367. The molecule has 0 saturated heterocycles. The highest BCUT2D eigenvalue weighted by atomic mass is 19.1. The number of aryl methyl sites for hydroxylation is 3. The molecule has 0 fully saturated rings. The van der Waals surface area contributed by atoms with Crippen molar-refractivity contribution in [2.45, 2.75) is 13.8 Å². The van der Waals surface area contributed by atoms with Gasteiger partial charge in [0.2, 0.25) is 5.95 Å². The second-order valence-corrected chi connectivity index (χ2v) is 8.85. The lowest BCUT2D eigenvalue weighted by Gasteiger charge is -2.09. The van der Waals surface area contributed by atoms with Crippen LogP contribution in [0.25, 0.3) is 27.8 Å². The Hall–Kier alpha value is -4.99. The molecule has 10 heteroatoms.